The highest BCUT2D eigenvalue weighted by atomic mass is 35.5. The van der Waals surface area contributed by atoms with Crippen LogP contribution in [0.1, 0.15) is 29.8 Å². The van der Waals surface area contributed by atoms with Crippen molar-refractivity contribution in [2.24, 2.45) is 0 Å². The average molecular weight is 476 g/mol. The fourth-order valence-electron chi connectivity index (χ4n) is 4.22. The standard InChI is InChI=1S/C26H23ClFN5O/c1-15-5-7-20(22(28)9-15)17(3)33-13-19(27)11-21-25(30-31-26(21)33)18-6-8-23(24(10-18)34-4)32-12-16(2)29-14-32/h5-14,17H,1-4H3. The summed E-state index contributed by atoms with van der Waals surface area (Å²) >= 11 is 6.50. The van der Waals surface area contributed by atoms with Crippen LogP contribution in [-0.2, 0) is 0 Å². The number of rotatable bonds is 5. The van der Waals surface area contributed by atoms with E-state index in [1.807, 2.05) is 66.4 Å². The van der Waals surface area contributed by atoms with Crippen molar-refractivity contribution < 1.29 is 9.13 Å². The summed E-state index contributed by atoms with van der Waals surface area (Å²) in [7, 11) is 1.63. The van der Waals surface area contributed by atoms with Gasteiger partial charge in [0.2, 0.25) is 0 Å². The second-order valence-corrected chi connectivity index (χ2v) is 8.80. The van der Waals surface area contributed by atoms with E-state index in [-0.39, 0.29) is 11.9 Å². The van der Waals surface area contributed by atoms with Crippen molar-refractivity contribution in [3.8, 4) is 34.1 Å². The molecule has 1 atom stereocenters. The Morgan fingerprint density at radius 2 is 1.85 bits per heavy atom. The Kier molecular flexibility index (Phi) is 5.57. The number of hydrogen-bond donors (Lipinski definition) is 0. The van der Waals surface area contributed by atoms with Gasteiger partial charge in [-0.2, -0.15) is 0 Å². The van der Waals surface area contributed by atoms with E-state index >= 15 is 0 Å². The van der Waals surface area contributed by atoms with Crippen LogP contribution in [0.2, 0.25) is 5.02 Å². The summed E-state index contributed by atoms with van der Waals surface area (Å²) in [5.74, 6) is 1.04. The first kappa shape index (κ1) is 22.1. The maximum atomic E-state index is 14.7. The first-order chi connectivity index (χ1) is 16.4. The zero-order chi connectivity index (χ0) is 24.0. The molecular formula is C26H23ClFN5O. The molecule has 5 rings (SSSR count). The lowest BCUT2D eigenvalue weighted by atomic mass is 10.0. The summed E-state index contributed by atoms with van der Waals surface area (Å²) in [5.41, 5.74) is 5.50. The van der Waals surface area contributed by atoms with Crippen molar-refractivity contribution in [1.82, 2.24) is 24.3 Å². The van der Waals surface area contributed by atoms with Gasteiger partial charge in [0.15, 0.2) is 5.82 Å². The number of halogens is 2. The third-order valence-corrected chi connectivity index (χ3v) is 6.20. The number of benzene rings is 2. The zero-order valence-corrected chi connectivity index (χ0v) is 20.0. The molecule has 1 unspecified atom stereocenters. The Hall–Kier alpha value is -3.71. The molecular weight excluding hydrogens is 453 g/mol. The van der Waals surface area contributed by atoms with Crippen LogP contribution in [0.4, 0.5) is 4.39 Å². The number of methoxy groups -OCH3 is 1. The van der Waals surface area contributed by atoms with Gasteiger partial charge in [-0.05, 0) is 50.6 Å². The molecule has 0 spiro atoms. The second-order valence-electron chi connectivity index (χ2n) is 8.36. The van der Waals surface area contributed by atoms with Crippen molar-refractivity contribution in [1.29, 1.82) is 0 Å². The minimum atomic E-state index is -0.326. The number of ether oxygens (including phenoxy) is 1. The fourth-order valence-corrected chi connectivity index (χ4v) is 4.44. The van der Waals surface area contributed by atoms with Crippen LogP contribution in [0.25, 0.3) is 28.3 Å². The van der Waals surface area contributed by atoms with Crippen molar-refractivity contribution in [3.05, 3.63) is 88.8 Å². The minimum Gasteiger partial charge on any atom is -0.495 e. The highest BCUT2D eigenvalue weighted by molar-refractivity contribution is 6.30. The van der Waals surface area contributed by atoms with Gasteiger partial charge in [0.05, 0.1) is 35.9 Å². The van der Waals surface area contributed by atoms with Gasteiger partial charge in [-0.15, -0.1) is 10.2 Å². The van der Waals surface area contributed by atoms with Crippen LogP contribution in [0.15, 0.2) is 61.2 Å². The molecule has 0 bridgehead atoms. The molecule has 8 heteroatoms. The smallest absolute Gasteiger partial charge is 0.165 e. The molecule has 0 aliphatic carbocycles. The summed E-state index contributed by atoms with van der Waals surface area (Å²) < 4.78 is 24.1. The summed E-state index contributed by atoms with van der Waals surface area (Å²) in [6, 6.07) is 12.6. The van der Waals surface area contributed by atoms with Crippen molar-refractivity contribution in [2.45, 2.75) is 26.8 Å². The Morgan fingerprint density at radius 1 is 1.03 bits per heavy atom. The molecule has 172 valence electrons. The molecule has 6 nitrogen and oxygen atoms in total. The van der Waals surface area contributed by atoms with Crippen LogP contribution in [0, 0.1) is 19.7 Å². The van der Waals surface area contributed by atoms with Crippen molar-refractivity contribution in [2.75, 3.05) is 7.11 Å². The van der Waals surface area contributed by atoms with Gasteiger partial charge in [0, 0.05) is 29.1 Å². The monoisotopic (exact) mass is 475 g/mol. The van der Waals surface area contributed by atoms with Crippen LogP contribution in [-0.4, -0.2) is 31.4 Å². The van der Waals surface area contributed by atoms with Crippen LogP contribution in [0.3, 0.4) is 0 Å². The lowest BCUT2D eigenvalue weighted by Gasteiger charge is -2.21. The molecule has 0 fully saturated rings. The maximum absolute atomic E-state index is 14.7. The van der Waals surface area contributed by atoms with Gasteiger partial charge < -0.3 is 13.9 Å². The molecule has 0 amide bonds. The molecule has 3 heterocycles. The molecule has 0 N–H and O–H groups in total. The summed E-state index contributed by atoms with van der Waals surface area (Å²) in [6.45, 7) is 5.72. The molecule has 2 aliphatic rings. The number of fused-ring (bicyclic) bond motifs is 1. The van der Waals surface area contributed by atoms with Crippen LogP contribution < -0.4 is 4.74 Å². The topological polar surface area (TPSA) is 57.8 Å². The molecule has 34 heavy (non-hydrogen) atoms. The first-order valence-corrected chi connectivity index (χ1v) is 11.2. The van der Waals surface area contributed by atoms with Gasteiger partial charge in [0.25, 0.3) is 0 Å². The lowest BCUT2D eigenvalue weighted by Crippen LogP contribution is -2.12. The molecule has 2 aromatic carbocycles. The van der Waals surface area contributed by atoms with E-state index in [0.717, 1.165) is 28.1 Å². The van der Waals surface area contributed by atoms with Crippen molar-refractivity contribution >= 4 is 11.6 Å². The summed E-state index contributed by atoms with van der Waals surface area (Å²) in [5, 5.41) is 9.42. The Bertz CT molecular complexity index is 1470. The number of imidazole rings is 1. The molecule has 3 aromatic rings. The number of pyridine rings is 1. The van der Waals surface area contributed by atoms with Gasteiger partial charge in [-0.3, -0.25) is 0 Å². The minimum absolute atomic E-state index is 0.261. The highest BCUT2D eigenvalue weighted by Crippen LogP contribution is 2.38. The largest absolute Gasteiger partial charge is 0.495 e. The molecule has 1 aromatic heterocycles. The van der Waals surface area contributed by atoms with E-state index in [0.29, 0.717) is 27.9 Å². The number of aryl methyl sites for hydroxylation is 2. The molecule has 2 aliphatic heterocycles. The highest BCUT2D eigenvalue weighted by Gasteiger charge is 2.24. The van der Waals surface area contributed by atoms with Crippen LogP contribution in [0.5, 0.6) is 5.75 Å². The van der Waals surface area contributed by atoms with E-state index in [4.69, 9.17) is 16.3 Å². The molecule has 0 saturated heterocycles. The van der Waals surface area contributed by atoms with E-state index in [1.165, 1.54) is 6.07 Å². The molecule has 0 saturated carbocycles. The normalized spacial score (nSPS) is 12.3. The lowest BCUT2D eigenvalue weighted by molar-refractivity contribution is 0.413. The SMILES string of the molecule is COc1cc(-c2nnc3n(C(C)c4ccc(C)cc4F)cc(Cl)cc2-3)ccc1-n1cnc(C)c1. The van der Waals surface area contributed by atoms with Gasteiger partial charge in [0.1, 0.15) is 17.3 Å². The number of nitrogens with zero attached hydrogens (tertiary/aromatic N) is 5. The third-order valence-electron chi connectivity index (χ3n) is 6.00. The van der Waals surface area contributed by atoms with E-state index in [9.17, 15) is 4.39 Å². The third kappa shape index (κ3) is 3.82. The average Bonchev–Trinajstić information content (AvgIpc) is 3.44. The quantitative estimate of drug-likeness (QED) is 0.301. The zero-order valence-electron chi connectivity index (χ0n) is 19.3. The number of hydrogen-bond acceptors (Lipinski definition) is 4. The Balaban J connectivity index is 1.58. The first-order valence-electron chi connectivity index (χ1n) is 10.8. The summed E-state index contributed by atoms with van der Waals surface area (Å²) in [4.78, 5) is 4.29. The van der Waals surface area contributed by atoms with Gasteiger partial charge in [-0.25, -0.2) is 9.37 Å². The predicted molar refractivity (Wildman–Crippen MR) is 130 cm³/mol. The number of aromatic nitrogens is 5. The Labute approximate surface area is 202 Å². The molecule has 0 radical (unpaired) electrons. The van der Waals surface area contributed by atoms with E-state index in [1.54, 1.807) is 25.7 Å². The maximum Gasteiger partial charge on any atom is 0.165 e. The van der Waals surface area contributed by atoms with Gasteiger partial charge in [-0.1, -0.05) is 29.8 Å². The van der Waals surface area contributed by atoms with E-state index in [2.05, 4.69) is 15.2 Å². The second kappa shape index (κ2) is 8.57. The summed E-state index contributed by atoms with van der Waals surface area (Å²) in [6.07, 6.45) is 5.44. The van der Waals surface area contributed by atoms with Crippen molar-refractivity contribution in [3.63, 3.8) is 0 Å². The fraction of sp³-hybridized carbons (Fsp3) is 0.192. The Morgan fingerprint density at radius 3 is 2.56 bits per heavy atom. The van der Waals surface area contributed by atoms with E-state index < -0.39 is 0 Å². The van der Waals surface area contributed by atoms with Crippen LogP contribution >= 0.6 is 11.6 Å². The van der Waals surface area contributed by atoms with Gasteiger partial charge >= 0.3 is 0 Å². The predicted octanol–water partition coefficient (Wildman–Crippen LogP) is 6.26.